The maximum atomic E-state index is 8.71. The molecule has 0 aromatic heterocycles. The van der Waals surface area contributed by atoms with E-state index in [1.807, 2.05) is 6.07 Å². The topological polar surface area (TPSA) is 33.0 Å². The molecule has 0 unspecified atom stereocenters. The molecule has 1 aromatic rings. The SMILES string of the molecule is COc1ccc(CS)cc1C#N. The lowest BCUT2D eigenvalue weighted by atomic mass is 10.1. The molecule has 0 saturated heterocycles. The fourth-order valence-electron chi connectivity index (χ4n) is 0.941. The van der Waals surface area contributed by atoms with Crippen molar-refractivity contribution >= 4 is 12.6 Å². The van der Waals surface area contributed by atoms with Gasteiger partial charge in [-0.1, -0.05) is 6.07 Å². The molecule has 0 spiro atoms. The molecule has 0 atom stereocenters. The molecule has 0 aliphatic heterocycles. The zero-order valence-corrected chi connectivity index (χ0v) is 7.64. The number of nitrogens with zero attached hydrogens (tertiary/aromatic N) is 1. The van der Waals surface area contributed by atoms with Gasteiger partial charge >= 0.3 is 0 Å². The molecule has 2 nitrogen and oxygen atoms in total. The normalized spacial score (nSPS) is 9.08. The van der Waals surface area contributed by atoms with Crippen molar-refractivity contribution in [2.45, 2.75) is 5.75 Å². The van der Waals surface area contributed by atoms with Crippen LogP contribution in [0.2, 0.25) is 0 Å². The smallest absolute Gasteiger partial charge is 0.136 e. The molecule has 0 N–H and O–H groups in total. The first-order valence-electron chi connectivity index (χ1n) is 3.49. The zero-order chi connectivity index (χ0) is 8.97. The van der Waals surface area contributed by atoms with E-state index in [0.717, 1.165) is 5.56 Å². The maximum absolute atomic E-state index is 8.71. The number of benzene rings is 1. The average molecular weight is 179 g/mol. The molecule has 0 amide bonds. The van der Waals surface area contributed by atoms with Crippen LogP contribution in [0.25, 0.3) is 0 Å². The highest BCUT2D eigenvalue weighted by Crippen LogP contribution is 2.19. The van der Waals surface area contributed by atoms with E-state index < -0.39 is 0 Å². The molecule has 0 radical (unpaired) electrons. The van der Waals surface area contributed by atoms with Gasteiger partial charge in [-0.2, -0.15) is 17.9 Å². The highest BCUT2D eigenvalue weighted by molar-refractivity contribution is 7.79. The molecule has 0 aliphatic rings. The number of ether oxygens (including phenoxy) is 1. The van der Waals surface area contributed by atoms with E-state index in [0.29, 0.717) is 17.1 Å². The Kier molecular flexibility index (Phi) is 3.01. The molecule has 0 aliphatic carbocycles. The Balaban J connectivity index is 3.13. The Morgan fingerprint density at radius 1 is 1.58 bits per heavy atom. The van der Waals surface area contributed by atoms with Gasteiger partial charge in [0.2, 0.25) is 0 Å². The van der Waals surface area contributed by atoms with E-state index >= 15 is 0 Å². The minimum Gasteiger partial charge on any atom is -0.495 e. The summed E-state index contributed by atoms with van der Waals surface area (Å²) in [4.78, 5) is 0. The fraction of sp³-hybridized carbons (Fsp3) is 0.222. The van der Waals surface area contributed by atoms with Gasteiger partial charge < -0.3 is 4.74 Å². The van der Waals surface area contributed by atoms with Gasteiger partial charge in [0.15, 0.2) is 0 Å². The first-order valence-corrected chi connectivity index (χ1v) is 4.13. The van der Waals surface area contributed by atoms with Gasteiger partial charge in [0, 0.05) is 5.75 Å². The van der Waals surface area contributed by atoms with E-state index in [1.165, 1.54) is 0 Å². The Labute approximate surface area is 77.2 Å². The summed E-state index contributed by atoms with van der Waals surface area (Å²) >= 11 is 4.11. The molecule has 12 heavy (non-hydrogen) atoms. The van der Waals surface area contributed by atoms with Gasteiger partial charge in [0.25, 0.3) is 0 Å². The summed E-state index contributed by atoms with van der Waals surface area (Å²) < 4.78 is 4.99. The predicted molar refractivity (Wildman–Crippen MR) is 50.4 cm³/mol. The van der Waals surface area contributed by atoms with Crippen molar-refractivity contribution in [1.29, 1.82) is 5.26 Å². The van der Waals surface area contributed by atoms with Crippen molar-refractivity contribution < 1.29 is 4.74 Å². The first kappa shape index (κ1) is 8.95. The highest BCUT2D eigenvalue weighted by Gasteiger charge is 2.01. The summed E-state index contributed by atoms with van der Waals surface area (Å²) in [5, 5.41) is 8.71. The minimum absolute atomic E-state index is 0.559. The van der Waals surface area contributed by atoms with Crippen molar-refractivity contribution in [2.24, 2.45) is 0 Å². The van der Waals surface area contributed by atoms with Crippen molar-refractivity contribution in [1.82, 2.24) is 0 Å². The van der Waals surface area contributed by atoms with Crippen LogP contribution in [0.3, 0.4) is 0 Å². The summed E-state index contributed by atoms with van der Waals surface area (Å²) in [6.07, 6.45) is 0. The van der Waals surface area contributed by atoms with E-state index in [-0.39, 0.29) is 0 Å². The fourth-order valence-corrected chi connectivity index (χ4v) is 1.14. The second-order valence-electron chi connectivity index (χ2n) is 2.30. The lowest BCUT2D eigenvalue weighted by Crippen LogP contribution is -1.89. The van der Waals surface area contributed by atoms with E-state index in [1.54, 1.807) is 19.2 Å². The summed E-state index contributed by atoms with van der Waals surface area (Å²) in [5.74, 6) is 1.25. The quantitative estimate of drug-likeness (QED) is 0.704. The van der Waals surface area contributed by atoms with Crippen LogP contribution in [0, 0.1) is 11.3 Å². The van der Waals surface area contributed by atoms with Gasteiger partial charge in [-0.25, -0.2) is 0 Å². The Bertz CT molecular complexity index is 317. The Morgan fingerprint density at radius 2 is 2.33 bits per heavy atom. The zero-order valence-electron chi connectivity index (χ0n) is 6.74. The molecular formula is C9H9NOS. The first-order chi connectivity index (χ1) is 5.81. The number of hydrogen-bond acceptors (Lipinski definition) is 3. The van der Waals surface area contributed by atoms with Crippen molar-refractivity contribution in [3.63, 3.8) is 0 Å². The second kappa shape index (κ2) is 4.03. The molecule has 0 bridgehead atoms. The second-order valence-corrected chi connectivity index (χ2v) is 2.62. The van der Waals surface area contributed by atoms with Crippen LogP contribution < -0.4 is 4.74 Å². The van der Waals surface area contributed by atoms with Crippen molar-refractivity contribution in [3.05, 3.63) is 29.3 Å². The van der Waals surface area contributed by atoms with Gasteiger partial charge in [0.1, 0.15) is 11.8 Å². The van der Waals surface area contributed by atoms with Gasteiger partial charge in [-0.05, 0) is 17.7 Å². The van der Waals surface area contributed by atoms with Gasteiger partial charge in [0.05, 0.1) is 12.7 Å². The van der Waals surface area contributed by atoms with Crippen LogP contribution >= 0.6 is 12.6 Å². The van der Waals surface area contributed by atoms with Crippen LogP contribution in [0.5, 0.6) is 5.75 Å². The van der Waals surface area contributed by atoms with Crippen LogP contribution in [0.4, 0.5) is 0 Å². The summed E-state index contributed by atoms with van der Waals surface area (Å²) in [6.45, 7) is 0. The Morgan fingerprint density at radius 3 is 2.83 bits per heavy atom. The predicted octanol–water partition coefficient (Wildman–Crippen LogP) is 2.00. The lowest BCUT2D eigenvalue weighted by Gasteiger charge is -2.03. The number of thiol groups is 1. The molecule has 0 heterocycles. The number of methoxy groups -OCH3 is 1. The summed E-state index contributed by atoms with van der Waals surface area (Å²) in [7, 11) is 1.55. The van der Waals surface area contributed by atoms with Crippen LogP contribution in [-0.4, -0.2) is 7.11 Å². The molecule has 3 heteroatoms. The number of nitriles is 1. The van der Waals surface area contributed by atoms with E-state index in [2.05, 4.69) is 18.7 Å². The minimum atomic E-state index is 0.559. The van der Waals surface area contributed by atoms with Crippen LogP contribution in [0.15, 0.2) is 18.2 Å². The molecule has 1 rings (SSSR count). The largest absolute Gasteiger partial charge is 0.495 e. The number of hydrogen-bond donors (Lipinski definition) is 1. The van der Waals surface area contributed by atoms with Crippen molar-refractivity contribution in [2.75, 3.05) is 7.11 Å². The van der Waals surface area contributed by atoms with E-state index in [4.69, 9.17) is 10.00 Å². The third-order valence-corrected chi connectivity index (χ3v) is 1.93. The Hall–Kier alpha value is -1.14. The van der Waals surface area contributed by atoms with Crippen LogP contribution in [0.1, 0.15) is 11.1 Å². The van der Waals surface area contributed by atoms with E-state index in [9.17, 15) is 0 Å². The number of rotatable bonds is 2. The third kappa shape index (κ3) is 1.72. The third-order valence-electron chi connectivity index (χ3n) is 1.57. The lowest BCUT2D eigenvalue weighted by molar-refractivity contribution is 0.413. The highest BCUT2D eigenvalue weighted by atomic mass is 32.1. The summed E-state index contributed by atoms with van der Waals surface area (Å²) in [6, 6.07) is 7.52. The monoisotopic (exact) mass is 179 g/mol. The molecule has 0 fully saturated rings. The molecule has 1 aromatic carbocycles. The average Bonchev–Trinajstić information content (AvgIpc) is 2.16. The summed E-state index contributed by atoms with van der Waals surface area (Å²) in [5.41, 5.74) is 1.58. The molecule has 0 saturated carbocycles. The standard InChI is InChI=1S/C9H9NOS/c1-11-9-3-2-7(6-12)4-8(9)5-10/h2-4,12H,6H2,1H3. The van der Waals surface area contributed by atoms with Crippen molar-refractivity contribution in [3.8, 4) is 11.8 Å². The molecular weight excluding hydrogens is 170 g/mol. The molecule has 62 valence electrons. The van der Waals surface area contributed by atoms with Gasteiger partial charge in [-0.15, -0.1) is 0 Å². The van der Waals surface area contributed by atoms with Crippen LogP contribution in [-0.2, 0) is 5.75 Å². The van der Waals surface area contributed by atoms with Gasteiger partial charge in [-0.3, -0.25) is 0 Å². The maximum Gasteiger partial charge on any atom is 0.136 e.